The van der Waals surface area contributed by atoms with E-state index in [1.54, 1.807) is 13.1 Å². The van der Waals surface area contributed by atoms with E-state index in [9.17, 15) is 18.0 Å². The van der Waals surface area contributed by atoms with Gasteiger partial charge in [-0.3, -0.25) is 9.69 Å². The summed E-state index contributed by atoms with van der Waals surface area (Å²) in [6, 6.07) is 5.81. The van der Waals surface area contributed by atoms with Crippen molar-refractivity contribution in [3.8, 4) is 16.9 Å². The Morgan fingerprint density at radius 1 is 1.37 bits per heavy atom. The van der Waals surface area contributed by atoms with Crippen LogP contribution in [-0.2, 0) is 10.3 Å². The number of hydrogen-bond donors (Lipinski definition) is 1. The van der Waals surface area contributed by atoms with E-state index in [-0.39, 0.29) is 24.0 Å². The van der Waals surface area contributed by atoms with Crippen LogP contribution in [0, 0.1) is 6.92 Å². The van der Waals surface area contributed by atoms with E-state index in [0.717, 1.165) is 16.0 Å². The lowest BCUT2D eigenvalue weighted by Crippen LogP contribution is -2.47. The molecular formula is C18H18F3N3O2S. The number of halogens is 3. The topological polar surface area (TPSA) is 67.9 Å². The second-order valence-corrected chi connectivity index (χ2v) is 7.43. The Balaban J connectivity index is 2.00. The van der Waals surface area contributed by atoms with Crippen LogP contribution in [0.2, 0.25) is 0 Å². The fraction of sp³-hybridized carbons (Fsp3) is 0.333. The average molecular weight is 397 g/mol. The van der Waals surface area contributed by atoms with Crippen molar-refractivity contribution in [1.29, 1.82) is 0 Å². The van der Waals surface area contributed by atoms with Crippen molar-refractivity contribution >= 4 is 23.2 Å². The first kappa shape index (κ1) is 19.2. The predicted molar refractivity (Wildman–Crippen MR) is 97.5 cm³/mol. The normalized spacial score (nSPS) is 20.6. The summed E-state index contributed by atoms with van der Waals surface area (Å²) in [6.45, 7) is 3.69. The van der Waals surface area contributed by atoms with Crippen molar-refractivity contribution in [2.75, 3.05) is 7.05 Å². The molecule has 0 unspecified atom stereocenters. The van der Waals surface area contributed by atoms with E-state index >= 15 is 0 Å². The number of nitrogens with zero attached hydrogens (tertiary/aromatic N) is 2. The van der Waals surface area contributed by atoms with E-state index in [0.29, 0.717) is 5.56 Å². The number of hydrogen-bond acceptors (Lipinski definition) is 5. The van der Waals surface area contributed by atoms with Gasteiger partial charge in [-0.2, -0.15) is 0 Å². The second-order valence-electron chi connectivity index (χ2n) is 6.55. The third-order valence-electron chi connectivity index (χ3n) is 4.48. The van der Waals surface area contributed by atoms with E-state index in [2.05, 4.69) is 9.73 Å². The standard InChI is InChI=1S/C18H18F3N3O2S/c1-10-13(11-5-4-6-12(7-11)26-18(19,20)21)9-27-15(10)17(2)8-14(25)24(3)16(22)23-17/h4-7,9H,8H2,1-3H3,(H2,22,23)/t17-/m0/s1. The molecule has 0 saturated heterocycles. The van der Waals surface area contributed by atoms with Crippen molar-refractivity contribution in [2.24, 2.45) is 10.7 Å². The number of carbonyl (C=O) groups excluding carboxylic acids is 1. The fourth-order valence-corrected chi connectivity index (χ4v) is 4.34. The number of guanidine groups is 1. The Labute approximate surface area is 158 Å². The Bertz CT molecular complexity index is 923. The smallest absolute Gasteiger partial charge is 0.406 e. The molecule has 5 nitrogen and oxygen atoms in total. The Hall–Kier alpha value is -2.55. The van der Waals surface area contributed by atoms with Crippen molar-refractivity contribution in [2.45, 2.75) is 32.2 Å². The van der Waals surface area contributed by atoms with Crippen LogP contribution in [-0.4, -0.2) is 30.2 Å². The summed E-state index contributed by atoms with van der Waals surface area (Å²) in [5.74, 6) is -0.279. The van der Waals surface area contributed by atoms with Crippen LogP contribution in [0.5, 0.6) is 5.75 Å². The molecule has 1 aromatic heterocycles. The van der Waals surface area contributed by atoms with Crippen molar-refractivity contribution < 1.29 is 22.7 Å². The van der Waals surface area contributed by atoms with E-state index < -0.39 is 11.9 Å². The lowest BCUT2D eigenvalue weighted by molar-refractivity contribution is -0.274. The maximum Gasteiger partial charge on any atom is 0.573 e. The molecule has 2 N–H and O–H groups in total. The number of thiophene rings is 1. The molecule has 1 atom stereocenters. The zero-order valence-electron chi connectivity index (χ0n) is 14.9. The highest BCUT2D eigenvalue weighted by atomic mass is 32.1. The van der Waals surface area contributed by atoms with Crippen molar-refractivity contribution in [1.82, 2.24) is 4.90 Å². The minimum absolute atomic E-state index is 0.139. The summed E-state index contributed by atoms with van der Waals surface area (Å²) in [7, 11) is 1.57. The summed E-state index contributed by atoms with van der Waals surface area (Å²) in [6.07, 6.45) is -4.58. The first-order chi connectivity index (χ1) is 12.5. The molecular weight excluding hydrogens is 379 g/mol. The Kier molecular flexibility index (Phi) is 4.67. The number of nitrogens with two attached hydrogens (primary N) is 1. The molecule has 0 saturated carbocycles. The van der Waals surface area contributed by atoms with E-state index in [1.165, 1.54) is 34.4 Å². The molecule has 1 amide bonds. The largest absolute Gasteiger partial charge is 0.573 e. The van der Waals surface area contributed by atoms with Gasteiger partial charge in [0.1, 0.15) is 11.3 Å². The average Bonchev–Trinajstić information content (AvgIpc) is 2.93. The van der Waals surface area contributed by atoms with Gasteiger partial charge in [0.25, 0.3) is 0 Å². The highest BCUT2D eigenvalue weighted by Gasteiger charge is 2.38. The van der Waals surface area contributed by atoms with Crippen LogP contribution in [0.3, 0.4) is 0 Å². The number of carbonyl (C=O) groups is 1. The van der Waals surface area contributed by atoms with Crippen LogP contribution in [0.15, 0.2) is 34.6 Å². The second kappa shape index (κ2) is 6.56. The molecule has 3 rings (SSSR count). The lowest BCUT2D eigenvalue weighted by atomic mass is 9.90. The zero-order valence-corrected chi connectivity index (χ0v) is 15.7. The van der Waals surface area contributed by atoms with Gasteiger partial charge < -0.3 is 10.5 Å². The number of aliphatic imine (C=N–C) groups is 1. The Morgan fingerprint density at radius 2 is 2.07 bits per heavy atom. The summed E-state index contributed by atoms with van der Waals surface area (Å²) < 4.78 is 41.4. The highest BCUT2D eigenvalue weighted by Crippen LogP contribution is 2.43. The molecule has 0 aliphatic carbocycles. The van der Waals surface area contributed by atoms with Crippen LogP contribution in [0.25, 0.3) is 11.1 Å². The summed E-state index contributed by atoms with van der Waals surface area (Å²) in [4.78, 5) is 18.9. The minimum atomic E-state index is -4.75. The Morgan fingerprint density at radius 3 is 2.70 bits per heavy atom. The monoisotopic (exact) mass is 397 g/mol. The summed E-state index contributed by atoms with van der Waals surface area (Å²) >= 11 is 1.40. The molecule has 2 aromatic rings. The highest BCUT2D eigenvalue weighted by molar-refractivity contribution is 7.10. The third-order valence-corrected chi connectivity index (χ3v) is 5.82. The molecule has 0 fully saturated rings. The van der Waals surface area contributed by atoms with Gasteiger partial charge >= 0.3 is 6.36 Å². The first-order valence-electron chi connectivity index (χ1n) is 8.07. The van der Waals surface area contributed by atoms with Crippen molar-refractivity contribution in [3.63, 3.8) is 0 Å². The van der Waals surface area contributed by atoms with Crippen LogP contribution < -0.4 is 10.5 Å². The van der Waals surface area contributed by atoms with Gasteiger partial charge in [0.15, 0.2) is 5.96 Å². The van der Waals surface area contributed by atoms with Gasteiger partial charge in [0.2, 0.25) is 5.91 Å². The number of amides is 1. The number of rotatable bonds is 3. The van der Waals surface area contributed by atoms with Crippen LogP contribution in [0.1, 0.15) is 23.8 Å². The molecule has 27 heavy (non-hydrogen) atoms. The van der Waals surface area contributed by atoms with Crippen molar-refractivity contribution in [3.05, 3.63) is 40.1 Å². The quantitative estimate of drug-likeness (QED) is 0.851. The molecule has 1 aromatic carbocycles. The molecule has 0 spiro atoms. The predicted octanol–water partition coefficient (Wildman–Crippen LogP) is 4.01. The fourth-order valence-electron chi connectivity index (χ4n) is 3.13. The number of alkyl halides is 3. The first-order valence-corrected chi connectivity index (χ1v) is 8.95. The molecule has 2 heterocycles. The van der Waals surface area contributed by atoms with Crippen LogP contribution >= 0.6 is 11.3 Å². The maximum atomic E-state index is 12.5. The molecule has 9 heteroatoms. The minimum Gasteiger partial charge on any atom is -0.406 e. The molecule has 1 aliphatic heterocycles. The van der Waals surface area contributed by atoms with E-state index in [1.807, 2.05) is 19.2 Å². The van der Waals surface area contributed by atoms with Gasteiger partial charge in [0.05, 0.1) is 6.42 Å². The third kappa shape index (κ3) is 3.78. The zero-order chi connectivity index (χ0) is 20.0. The maximum absolute atomic E-state index is 12.5. The molecule has 1 aliphatic rings. The van der Waals surface area contributed by atoms with Gasteiger partial charge in [-0.1, -0.05) is 12.1 Å². The van der Waals surface area contributed by atoms with Gasteiger partial charge in [-0.05, 0) is 48.1 Å². The lowest BCUT2D eigenvalue weighted by Gasteiger charge is -2.33. The molecule has 144 valence electrons. The SMILES string of the molecule is Cc1c(-c2cccc(OC(F)(F)F)c2)csc1[C@]1(C)CC(=O)N(C)C(N)=N1. The summed E-state index contributed by atoms with van der Waals surface area (Å²) in [5.41, 5.74) is 7.27. The molecule has 0 bridgehead atoms. The number of ether oxygens (including phenoxy) is 1. The van der Waals surface area contributed by atoms with Gasteiger partial charge in [-0.25, -0.2) is 4.99 Å². The molecule has 0 radical (unpaired) electrons. The van der Waals surface area contributed by atoms with E-state index in [4.69, 9.17) is 5.73 Å². The number of benzene rings is 1. The van der Waals surface area contributed by atoms with Gasteiger partial charge in [0, 0.05) is 11.9 Å². The van der Waals surface area contributed by atoms with Gasteiger partial charge in [-0.15, -0.1) is 24.5 Å². The van der Waals surface area contributed by atoms with Crippen LogP contribution in [0.4, 0.5) is 13.2 Å². The summed E-state index contributed by atoms with van der Waals surface area (Å²) in [5, 5.41) is 1.84.